The Morgan fingerprint density at radius 1 is 1.19 bits per heavy atom. The highest BCUT2D eigenvalue weighted by Crippen LogP contribution is 2.24. The van der Waals surface area contributed by atoms with E-state index in [1.54, 1.807) is 7.11 Å². The molecule has 0 aliphatic carbocycles. The van der Waals surface area contributed by atoms with E-state index in [1.165, 1.54) is 11.8 Å². The van der Waals surface area contributed by atoms with E-state index in [-0.39, 0.29) is 5.91 Å². The Balaban J connectivity index is 2.12. The number of methoxy groups -OCH3 is 1. The van der Waals surface area contributed by atoms with Crippen LogP contribution in [0.5, 0.6) is 0 Å². The average molecular weight is 378 g/mol. The number of benzene rings is 1. The van der Waals surface area contributed by atoms with Crippen molar-refractivity contribution in [1.29, 1.82) is 0 Å². The van der Waals surface area contributed by atoms with Gasteiger partial charge in [0.25, 0.3) is 0 Å². The summed E-state index contributed by atoms with van der Waals surface area (Å²) in [5.41, 5.74) is 2.04. The highest BCUT2D eigenvalue weighted by molar-refractivity contribution is 7.99. The molecule has 0 fully saturated rings. The molecule has 0 unspecified atom stereocenters. The standard InChI is InChI=1S/C20H31N3O2S/c1-15(2)12-22(13-16(3)4)19(24)14-26-20-21-17-8-6-7-9-18(17)23(20)10-11-25-5/h6-9,15-16H,10-14H2,1-5H3. The molecule has 0 N–H and O–H groups in total. The zero-order chi connectivity index (χ0) is 19.1. The molecule has 0 aliphatic heterocycles. The molecular formula is C20H31N3O2S. The molecule has 0 bridgehead atoms. The Hall–Kier alpha value is -1.53. The van der Waals surface area contributed by atoms with E-state index in [2.05, 4.69) is 38.3 Å². The van der Waals surface area contributed by atoms with Gasteiger partial charge in [-0.05, 0) is 24.0 Å². The predicted molar refractivity (Wildman–Crippen MR) is 109 cm³/mol. The Morgan fingerprint density at radius 2 is 1.85 bits per heavy atom. The SMILES string of the molecule is COCCn1c(SCC(=O)N(CC(C)C)CC(C)C)nc2ccccc21. The third-order valence-corrected chi connectivity index (χ3v) is 4.95. The topological polar surface area (TPSA) is 47.4 Å². The number of thioether (sulfide) groups is 1. The number of amides is 1. The van der Waals surface area contributed by atoms with Crippen LogP contribution in [0.1, 0.15) is 27.7 Å². The van der Waals surface area contributed by atoms with E-state index in [1.807, 2.05) is 23.1 Å². The number of imidazole rings is 1. The zero-order valence-corrected chi connectivity index (χ0v) is 17.4. The molecule has 2 rings (SSSR count). The van der Waals surface area contributed by atoms with E-state index in [4.69, 9.17) is 9.72 Å². The summed E-state index contributed by atoms with van der Waals surface area (Å²) in [4.78, 5) is 19.5. The van der Waals surface area contributed by atoms with Gasteiger partial charge in [0.2, 0.25) is 5.91 Å². The van der Waals surface area contributed by atoms with Gasteiger partial charge in [-0.1, -0.05) is 51.6 Å². The fourth-order valence-corrected chi connectivity index (χ4v) is 3.88. The molecule has 0 saturated carbocycles. The zero-order valence-electron chi connectivity index (χ0n) is 16.6. The van der Waals surface area contributed by atoms with Crippen LogP contribution in [0.25, 0.3) is 11.0 Å². The minimum Gasteiger partial charge on any atom is -0.383 e. The summed E-state index contributed by atoms with van der Waals surface area (Å²) in [5.74, 6) is 1.53. The second-order valence-corrected chi connectivity index (χ2v) is 8.35. The van der Waals surface area contributed by atoms with Crippen LogP contribution in [0, 0.1) is 11.8 Å². The minimum atomic E-state index is 0.183. The summed E-state index contributed by atoms with van der Waals surface area (Å²) >= 11 is 1.52. The largest absolute Gasteiger partial charge is 0.383 e. The van der Waals surface area contributed by atoms with Crippen LogP contribution in [0.2, 0.25) is 0 Å². The van der Waals surface area contributed by atoms with Crippen LogP contribution in [0.3, 0.4) is 0 Å². The second-order valence-electron chi connectivity index (χ2n) is 7.40. The second kappa shape index (κ2) is 9.97. The molecule has 26 heavy (non-hydrogen) atoms. The van der Waals surface area contributed by atoms with Gasteiger partial charge in [-0.25, -0.2) is 4.98 Å². The van der Waals surface area contributed by atoms with Crippen molar-refractivity contribution in [3.63, 3.8) is 0 Å². The monoisotopic (exact) mass is 377 g/mol. The molecule has 1 aromatic heterocycles. The Bertz CT molecular complexity index is 702. The summed E-state index contributed by atoms with van der Waals surface area (Å²) < 4.78 is 7.38. The first-order chi connectivity index (χ1) is 12.4. The lowest BCUT2D eigenvalue weighted by Gasteiger charge is -2.26. The Morgan fingerprint density at radius 3 is 2.46 bits per heavy atom. The van der Waals surface area contributed by atoms with Gasteiger partial charge < -0.3 is 14.2 Å². The summed E-state index contributed by atoms with van der Waals surface area (Å²) in [6.45, 7) is 11.6. The maximum Gasteiger partial charge on any atom is 0.233 e. The summed E-state index contributed by atoms with van der Waals surface area (Å²) in [6, 6.07) is 8.07. The molecular weight excluding hydrogens is 346 g/mol. The number of carbonyl (C=O) groups is 1. The maximum atomic E-state index is 12.8. The van der Waals surface area contributed by atoms with E-state index >= 15 is 0 Å². The smallest absolute Gasteiger partial charge is 0.233 e. The third-order valence-electron chi connectivity index (χ3n) is 3.99. The maximum absolute atomic E-state index is 12.8. The molecule has 0 atom stereocenters. The third kappa shape index (κ3) is 5.74. The first-order valence-corrected chi connectivity index (χ1v) is 10.3. The molecule has 0 radical (unpaired) electrons. The van der Waals surface area contributed by atoms with E-state index < -0.39 is 0 Å². The van der Waals surface area contributed by atoms with Crippen molar-refractivity contribution in [3.05, 3.63) is 24.3 Å². The summed E-state index contributed by atoms with van der Waals surface area (Å²) in [7, 11) is 1.70. The van der Waals surface area contributed by atoms with Gasteiger partial charge in [-0.15, -0.1) is 0 Å². The van der Waals surface area contributed by atoms with Crippen molar-refractivity contribution < 1.29 is 9.53 Å². The number of fused-ring (bicyclic) bond motifs is 1. The molecule has 1 heterocycles. The van der Waals surface area contributed by atoms with E-state index in [9.17, 15) is 4.79 Å². The van der Waals surface area contributed by atoms with Crippen molar-refractivity contribution in [2.75, 3.05) is 32.6 Å². The molecule has 6 heteroatoms. The van der Waals surface area contributed by atoms with Crippen molar-refractivity contribution in [3.8, 4) is 0 Å². The fraction of sp³-hybridized carbons (Fsp3) is 0.600. The van der Waals surface area contributed by atoms with Crippen molar-refractivity contribution >= 4 is 28.7 Å². The molecule has 2 aromatic rings. The number of carbonyl (C=O) groups excluding carboxylic acids is 1. The quantitative estimate of drug-likeness (QED) is 0.589. The van der Waals surface area contributed by atoms with Crippen molar-refractivity contribution in [1.82, 2.24) is 14.5 Å². The minimum absolute atomic E-state index is 0.183. The fourth-order valence-electron chi connectivity index (χ4n) is 2.94. The molecule has 0 spiro atoms. The first kappa shape index (κ1) is 20.8. The number of aromatic nitrogens is 2. The van der Waals surface area contributed by atoms with Crippen molar-refractivity contribution in [2.45, 2.75) is 39.4 Å². The van der Waals surface area contributed by atoms with Crippen LogP contribution < -0.4 is 0 Å². The van der Waals surface area contributed by atoms with E-state index in [0.717, 1.165) is 35.8 Å². The van der Waals surface area contributed by atoms with Crippen LogP contribution >= 0.6 is 11.8 Å². The highest BCUT2D eigenvalue weighted by Gasteiger charge is 2.18. The molecule has 1 aromatic carbocycles. The van der Waals surface area contributed by atoms with Gasteiger partial charge in [0.15, 0.2) is 5.16 Å². The molecule has 144 valence electrons. The predicted octanol–water partition coefficient (Wildman–Crippen LogP) is 3.92. The van der Waals surface area contributed by atoms with Gasteiger partial charge in [-0.3, -0.25) is 4.79 Å². The number of para-hydroxylation sites is 2. The lowest BCUT2D eigenvalue weighted by molar-refractivity contribution is -0.129. The van der Waals surface area contributed by atoms with Gasteiger partial charge in [0, 0.05) is 26.7 Å². The first-order valence-electron chi connectivity index (χ1n) is 9.27. The van der Waals surface area contributed by atoms with Crippen molar-refractivity contribution in [2.24, 2.45) is 11.8 Å². The Labute approximate surface area is 161 Å². The van der Waals surface area contributed by atoms with E-state index in [0.29, 0.717) is 24.2 Å². The summed E-state index contributed by atoms with van der Waals surface area (Å²) in [5, 5.41) is 0.880. The van der Waals surface area contributed by atoms with Crippen LogP contribution in [-0.4, -0.2) is 52.9 Å². The number of rotatable bonds is 10. The molecule has 1 amide bonds. The molecule has 0 saturated heterocycles. The number of ether oxygens (including phenoxy) is 1. The van der Waals surface area contributed by atoms with Gasteiger partial charge >= 0.3 is 0 Å². The lowest BCUT2D eigenvalue weighted by atomic mass is 10.1. The normalized spacial score (nSPS) is 11.7. The highest BCUT2D eigenvalue weighted by atomic mass is 32.2. The number of hydrogen-bond acceptors (Lipinski definition) is 4. The van der Waals surface area contributed by atoms with Gasteiger partial charge in [0.1, 0.15) is 0 Å². The van der Waals surface area contributed by atoms with Crippen LogP contribution in [0.4, 0.5) is 0 Å². The Kier molecular flexibility index (Phi) is 7.97. The van der Waals surface area contributed by atoms with Gasteiger partial charge in [-0.2, -0.15) is 0 Å². The lowest BCUT2D eigenvalue weighted by Crippen LogP contribution is -2.38. The van der Waals surface area contributed by atoms with Gasteiger partial charge in [0.05, 0.1) is 23.4 Å². The van der Waals surface area contributed by atoms with Crippen LogP contribution in [0.15, 0.2) is 29.4 Å². The van der Waals surface area contributed by atoms with Crippen LogP contribution in [-0.2, 0) is 16.1 Å². The molecule has 0 aliphatic rings. The summed E-state index contributed by atoms with van der Waals surface area (Å²) in [6.07, 6.45) is 0. The average Bonchev–Trinajstić information content (AvgIpc) is 2.94. The molecule has 5 nitrogen and oxygen atoms in total. The number of nitrogens with zero attached hydrogens (tertiary/aromatic N) is 3. The number of hydrogen-bond donors (Lipinski definition) is 0.